The van der Waals surface area contributed by atoms with Gasteiger partial charge in [0.2, 0.25) is 0 Å². The predicted molar refractivity (Wildman–Crippen MR) is 113 cm³/mol. The number of H-pyrrole nitrogens is 1. The molecule has 2 aromatic heterocycles. The number of nitrogens with one attached hydrogen (secondary N) is 1. The minimum absolute atomic E-state index is 0.252. The zero-order valence-electron chi connectivity index (χ0n) is 16.3. The molecule has 1 atom stereocenters. The van der Waals surface area contributed by atoms with Gasteiger partial charge in [-0.25, -0.2) is 15.0 Å². The van der Waals surface area contributed by atoms with E-state index in [1.807, 2.05) is 25.1 Å². The molecule has 0 radical (unpaired) electrons. The van der Waals surface area contributed by atoms with Gasteiger partial charge in [0, 0.05) is 11.9 Å². The SMILES string of the molecule is CCOc1ccc2cccc(OC[C@H]3CCCN3c3ncnc4nc[nH]c34)c2c1. The molecule has 5 rings (SSSR count). The van der Waals surface area contributed by atoms with Crippen LogP contribution in [-0.2, 0) is 0 Å². The van der Waals surface area contributed by atoms with Gasteiger partial charge in [0.15, 0.2) is 11.5 Å². The highest BCUT2D eigenvalue weighted by Crippen LogP contribution is 2.32. The number of hydrogen-bond donors (Lipinski definition) is 1. The molecule has 4 aromatic rings. The summed E-state index contributed by atoms with van der Waals surface area (Å²) in [6, 6.07) is 12.5. The highest BCUT2D eigenvalue weighted by molar-refractivity contribution is 5.89. The molecule has 0 spiro atoms. The van der Waals surface area contributed by atoms with E-state index in [2.05, 4.69) is 43.0 Å². The highest BCUT2D eigenvalue weighted by atomic mass is 16.5. The van der Waals surface area contributed by atoms with Crippen molar-refractivity contribution in [3.63, 3.8) is 0 Å². The van der Waals surface area contributed by atoms with Crippen molar-refractivity contribution in [2.45, 2.75) is 25.8 Å². The molecule has 1 saturated heterocycles. The molecule has 3 heterocycles. The monoisotopic (exact) mass is 389 g/mol. The van der Waals surface area contributed by atoms with Crippen molar-refractivity contribution in [2.75, 3.05) is 24.7 Å². The summed E-state index contributed by atoms with van der Waals surface area (Å²) in [5, 5.41) is 2.21. The van der Waals surface area contributed by atoms with E-state index in [0.717, 1.165) is 53.0 Å². The summed E-state index contributed by atoms with van der Waals surface area (Å²) in [5.41, 5.74) is 1.57. The highest BCUT2D eigenvalue weighted by Gasteiger charge is 2.28. The maximum Gasteiger partial charge on any atom is 0.182 e. The Morgan fingerprint density at radius 3 is 3.03 bits per heavy atom. The van der Waals surface area contributed by atoms with Crippen LogP contribution in [0.4, 0.5) is 5.82 Å². The third-order valence-electron chi connectivity index (χ3n) is 5.41. The predicted octanol–water partition coefficient (Wildman–Crippen LogP) is 3.95. The number of rotatable bonds is 6. The van der Waals surface area contributed by atoms with Crippen molar-refractivity contribution in [1.29, 1.82) is 0 Å². The summed E-state index contributed by atoms with van der Waals surface area (Å²) in [6.45, 7) is 4.18. The molecular formula is C22H23N5O2. The summed E-state index contributed by atoms with van der Waals surface area (Å²) in [6.07, 6.45) is 5.41. The summed E-state index contributed by atoms with van der Waals surface area (Å²) >= 11 is 0. The summed E-state index contributed by atoms with van der Waals surface area (Å²) < 4.78 is 12.0. The Morgan fingerprint density at radius 1 is 1.14 bits per heavy atom. The molecule has 1 aliphatic heterocycles. The number of ether oxygens (including phenoxy) is 2. The molecule has 7 nitrogen and oxygen atoms in total. The minimum Gasteiger partial charge on any atom is -0.494 e. The molecule has 1 N–H and O–H groups in total. The number of fused-ring (bicyclic) bond motifs is 2. The molecule has 0 aliphatic carbocycles. The molecule has 7 heteroatoms. The molecular weight excluding hydrogens is 366 g/mol. The van der Waals surface area contributed by atoms with Crippen molar-refractivity contribution < 1.29 is 9.47 Å². The zero-order valence-corrected chi connectivity index (χ0v) is 16.3. The van der Waals surface area contributed by atoms with E-state index >= 15 is 0 Å². The first kappa shape index (κ1) is 17.7. The van der Waals surface area contributed by atoms with E-state index in [9.17, 15) is 0 Å². The molecule has 29 heavy (non-hydrogen) atoms. The van der Waals surface area contributed by atoms with Gasteiger partial charge in [-0.05, 0) is 43.4 Å². The van der Waals surface area contributed by atoms with Gasteiger partial charge >= 0.3 is 0 Å². The van der Waals surface area contributed by atoms with Crippen molar-refractivity contribution >= 4 is 27.8 Å². The van der Waals surface area contributed by atoms with Gasteiger partial charge in [-0.2, -0.15) is 0 Å². The van der Waals surface area contributed by atoms with E-state index in [1.54, 1.807) is 12.7 Å². The second-order valence-electron chi connectivity index (χ2n) is 7.17. The standard InChI is InChI=1S/C22H23N5O2/c1-2-28-17-9-8-15-5-3-7-19(18(15)11-17)29-12-16-6-4-10-27(16)22-20-21(24-13-23-20)25-14-26-22/h3,5,7-9,11,13-14,16H,2,4,6,10,12H2,1H3,(H,23,24,25,26)/t16-/m1/s1. The van der Waals surface area contributed by atoms with Crippen LogP contribution in [0.5, 0.6) is 11.5 Å². The van der Waals surface area contributed by atoms with Gasteiger partial charge in [0.25, 0.3) is 0 Å². The van der Waals surface area contributed by atoms with Crippen LogP contribution in [0.1, 0.15) is 19.8 Å². The van der Waals surface area contributed by atoms with Gasteiger partial charge < -0.3 is 19.4 Å². The smallest absolute Gasteiger partial charge is 0.182 e. The number of anilines is 1. The Kier molecular flexibility index (Phi) is 4.63. The second-order valence-corrected chi connectivity index (χ2v) is 7.17. The molecule has 0 bridgehead atoms. The molecule has 1 fully saturated rings. The number of imidazole rings is 1. The van der Waals surface area contributed by atoms with E-state index in [4.69, 9.17) is 9.47 Å². The van der Waals surface area contributed by atoms with E-state index in [0.29, 0.717) is 18.9 Å². The lowest BCUT2D eigenvalue weighted by atomic mass is 10.1. The van der Waals surface area contributed by atoms with Crippen LogP contribution in [-0.4, -0.2) is 45.7 Å². The lowest BCUT2D eigenvalue weighted by molar-refractivity contribution is 0.291. The average molecular weight is 389 g/mol. The van der Waals surface area contributed by atoms with Crippen molar-refractivity contribution in [1.82, 2.24) is 19.9 Å². The van der Waals surface area contributed by atoms with Crippen LogP contribution in [0.3, 0.4) is 0 Å². The summed E-state index contributed by atoms with van der Waals surface area (Å²) in [5.74, 6) is 2.64. The van der Waals surface area contributed by atoms with Crippen LogP contribution in [0.2, 0.25) is 0 Å². The fourth-order valence-electron chi connectivity index (χ4n) is 4.05. The fourth-order valence-corrected chi connectivity index (χ4v) is 4.05. The van der Waals surface area contributed by atoms with Crippen LogP contribution < -0.4 is 14.4 Å². The molecule has 0 unspecified atom stereocenters. The Labute approximate surface area is 168 Å². The third kappa shape index (κ3) is 3.33. The Morgan fingerprint density at radius 2 is 2.10 bits per heavy atom. The first-order valence-corrected chi connectivity index (χ1v) is 10.0. The Balaban J connectivity index is 1.39. The normalized spacial score (nSPS) is 16.6. The third-order valence-corrected chi connectivity index (χ3v) is 5.41. The number of aromatic amines is 1. The molecule has 2 aromatic carbocycles. The van der Waals surface area contributed by atoms with E-state index < -0.39 is 0 Å². The van der Waals surface area contributed by atoms with Crippen LogP contribution in [0.25, 0.3) is 21.9 Å². The number of nitrogens with zero attached hydrogens (tertiary/aromatic N) is 4. The first-order valence-electron chi connectivity index (χ1n) is 10.0. The summed E-state index contributed by atoms with van der Waals surface area (Å²) in [4.78, 5) is 18.5. The maximum absolute atomic E-state index is 6.32. The quantitative estimate of drug-likeness (QED) is 0.538. The lowest BCUT2D eigenvalue weighted by Crippen LogP contribution is -2.35. The molecule has 1 aliphatic rings. The number of hydrogen-bond acceptors (Lipinski definition) is 6. The van der Waals surface area contributed by atoms with Crippen LogP contribution in [0.15, 0.2) is 49.1 Å². The zero-order chi connectivity index (χ0) is 19.6. The van der Waals surface area contributed by atoms with Crippen LogP contribution in [0, 0.1) is 0 Å². The van der Waals surface area contributed by atoms with Crippen molar-refractivity contribution in [3.8, 4) is 11.5 Å². The van der Waals surface area contributed by atoms with Crippen LogP contribution >= 0.6 is 0 Å². The summed E-state index contributed by atoms with van der Waals surface area (Å²) in [7, 11) is 0. The number of benzene rings is 2. The van der Waals surface area contributed by atoms with Gasteiger partial charge in [0.1, 0.15) is 29.9 Å². The van der Waals surface area contributed by atoms with E-state index in [1.165, 1.54) is 0 Å². The fraction of sp³-hybridized carbons (Fsp3) is 0.318. The minimum atomic E-state index is 0.252. The Bertz CT molecular complexity index is 1140. The Hall–Kier alpha value is -3.35. The van der Waals surface area contributed by atoms with Crippen molar-refractivity contribution in [2.24, 2.45) is 0 Å². The molecule has 0 saturated carbocycles. The largest absolute Gasteiger partial charge is 0.494 e. The molecule has 0 amide bonds. The lowest BCUT2D eigenvalue weighted by Gasteiger charge is -2.26. The average Bonchev–Trinajstić information content (AvgIpc) is 3.41. The van der Waals surface area contributed by atoms with E-state index in [-0.39, 0.29) is 6.04 Å². The molecule has 148 valence electrons. The van der Waals surface area contributed by atoms with Gasteiger partial charge in [0.05, 0.1) is 19.0 Å². The van der Waals surface area contributed by atoms with Gasteiger partial charge in [-0.15, -0.1) is 0 Å². The van der Waals surface area contributed by atoms with Gasteiger partial charge in [-0.3, -0.25) is 0 Å². The van der Waals surface area contributed by atoms with Crippen molar-refractivity contribution in [3.05, 3.63) is 49.1 Å². The maximum atomic E-state index is 6.32. The second kappa shape index (κ2) is 7.58. The number of aromatic nitrogens is 4. The van der Waals surface area contributed by atoms with Gasteiger partial charge in [-0.1, -0.05) is 18.2 Å². The first-order chi connectivity index (χ1) is 14.3. The topological polar surface area (TPSA) is 76.2 Å².